The Morgan fingerprint density at radius 2 is 2.12 bits per heavy atom. The second kappa shape index (κ2) is 4.57. The fourth-order valence-corrected chi connectivity index (χ4v) is 1.22. The molecule has 0 atom stereocenters. The van der Waals surface area contributed by atoms with Crippen LogP contribution in [0.5, 0.6) is 0 Å². The Morgan fingerprint density at radius 1 is 1.50 bits per heavy atom. The molecule has 0 aliphatic rings. The predicted octanol–water partition coefficient (Wildman–Crippen LogP) is 2.39. The van der Waals surface area contributed by atoms with E-state index in [2.05, 4.69) is 0 Å². The standard InChI is InChI=1S/C11H11NO4/c1-7-3-4-9(5-8(2)11(13)14)6-10(7)12(15)16/h3-6H,1-2H3,(H,13,14)/b8-5+. The number of hydrogen-bond donors (Lipinski definition) is 1. The molecule has 1 aromatic carbocycles. The highest BCUT2D eigenvalue weighted by atomic mass is 16.6. The maximum atomic E-state index is 10.7. The van der Waals surface area contributed by atoms with Gasteiger partial charge in [0.2, 0.25) is 0 Å². The minimum absolute atomic E-state index is 0.00746. The van der Waals surface area contributed by atoms with Crippen LogP contribution < -0.4 is 0 Å². The number of carbonyl (C=O) groups is 1. The topological polar surface area (TPSA) is 80.4 Å². The van der Waals surface area contributed by atoms with Gasteiger partial charge in [0.1, 0.15) is 0 Å². The van der Waals surface area contributed by atoms with Gasteiger partial charge >= 0.3 is 5.97 Å². The highest BCUT2D eigenvalue weighted by Crippen LogP contribution is 2.20. The molecule has 5 nitrogen and oxygen atoms in total. The molecule has 0 amide bonds. The predicted molar refractivity (Wildman–Crippen MR) is 59.1 cm³/mol. The number of rotatable bonds is 3. The molecule has 0 aliphatic heterocycles. The van der Waals surface area contributed by atoms with Crippen LogP contribution in [0, 0.1) is 17.0 Å². The molecule has 0 unspecified atom stereocenters. The van der Waals surface area contributed by atoms with E-state index in [1.807, 2.05) is 0 Å². The fraction of sp³-hybridized carbons (Fsp3) is 0.182. The number of benzene rings is 1. The van der Waals surface area contributed by atoms with Gasteiger partial charge in [0.15, 0.2) is 0 Å². The fourth-order valence-electron chi connectivity index (χ4n) is 1.22. The third-order valence-corrected chi connectivity index (χ3v) is 2.15. The molecule has 5 heteroatoms. The van der Waals surface area contributed by atoms with Crippen molar-refractivity contribution in [3.8, 4) is 0 Å². The van der Waals surface area contributed by atoms with Crippen molar-refractivity contribution < 1.29 is 14.8 Å². The van der Waals surface area contributed by atoms with Crippen LogP contribution in [0.4, 0.5) is 5.69 Å². The number of hydrogen-bond acceptors (Lipinski definition) is 3. The first-order valence-corrected chi connectivity index (χ1v) is 4.58. The lowest BCUT2D eigenvalue weighted by Gasteiger charge is -1.99. The maximum absolute atomic E-state index is 10.7. The third-order valence-electron chi connectivity index (χ3n) is 2.15. The molecular weight excluding hydrogens is 210 g/mol. The van der Waals surface area contributed by atoms with E-state index in [4.69, 9.17) is 5.11 Å². The molecule has 0 heterocycles. The van der Waals surface area contributed by atoms with Gasteiger partial charge in [-0.2, -0.15) is 0 Å². The van der Waals surface area contributed by atoms with Crippen LogP contribution in [-0.2, 0) is 4.79 Å². The minimum atomic E-state index is -1.04. The number of nitro groups is 1. The van der Waals surface area contributed by atoms with Crippen LogP contribution in [0.25, 0.3) is 6.08 Å². The first-order chi connectivity index (χ1) is 7.41. The summed E-state index contributed by atoms with van der Waals surface area (Å²) in [6, 6.07) is 4.61. The van der Waals surface area contributed by atoms with E-state index in [0.29, 0.717) is 11.1 Å². The van der Waals surface area contributed by atoms with Crippen molar-refractivity contribution in [2.45, 2.75) is 13.8 Å². The Kier molecular flexibility index (Phi) is 3.40. The zero-order valence-corrected chi connectivity index (χ0v) is 8.93. The van der Waals surface area contributed by atoms with E-state index < -0.39 is 10.9 Å². The average Bonchev–Trinajstić information content (AvgIpc) is 2.20. The lowest BCUT2D eigenvalue weighted by Crippen LogP contribution is -1.96. The van der Waals surface area contributed by atoms with Crippen molar-refractivity contribution in [3.05, 3.63) is 45.0 Å². The van der Waals surface area contributed by atoms with Gasteiger partial charge in [-0.3, -0.25) is 10.1 Å². The number of aliphatic carboxylic acids is 1. The third kappa shape index (κ3) is 2.66. The SMILES string of the molecule is C/C(=C\c1ccc(C)c([N+](=O)[O-])c1)C(=O)O. The molecule has 0 saturated carbocycles. The van der Waals surface area contributed by atoms with Gasteiger partial charge in [0.25, 0.3) is 5.69 Å². The van der Waals surface area contributed by atoms with E-state index in [1.165, 1.54) is 19.1 Å². The quantitative estimate of drug-likeness (QED) is 0.482. The molecule has 0 radical (unpaired) electrons. The summed E-state index contributed by atoms with van der Waals surface area (Å²) in [5.74, 6) is -1.04. The van der Waals surface area contributed by atoms with Crippen LogP contribution in [0.1, 0.15) is 18.1 Å². The van der Waals surface area contributed by atoms with Gasteiger partial charge in [-0.15, -0.1) is 0 Å². The second-order valence-electron chi connectivity index (χ2n) is 3.44. The first kappa shape index (κ1) is 11.9. The maximum Gasteiger partial charge on any atom is 0.331 e. The molecule has 84 valence electrons. The van der Waals surface area contributed by atoms with Crippen LogP contribution in [-0.4, -0.2) is 16.0 Å². The summed E-state index contributed by atoms with van der Waals surface area (Å²) >= 11 is 0. The molecule has 0 bridgehead atoms. The van der Waals surface area contributed by atoms with Crippen molar-refractivity contribution in [3.63, 3.8) is 0 Å². The number of nitrogens with zero attached hydrogens (tertiary/aromatic N) is 1. The van der Waals surface area contributed by atoms with E-state index in [-0.39, 0.29) is 11.3 Å². The summed E-state index contributed by atoms with van der Waals surface area (Å²) in [6.07, 6.45) is 1.40. The van der Waals surface area contributed by atoms with Gasteiger partial charge in [-0.1, -0.05) is 12.1 Å². The average molecular weight is 221 g/mol. The van der Waals surface area contributed by atoms with Gasteiger partial charge in [-0.25, -0.2) is 4.79 Å². The summed E-state index contributed by atoms with van der Waals surface area (Å²) in [5.41, 5.74) is 1.19. The molecule has 0 aliphatic carbocycles. The lowest BCUT2D eigenvalue weighted by atomic mass is 10.1. The van der Waals surface area contributed by atoms with Crippen molar-refractivity contribution in [2.24, 2.45) is 0 Å². The van der Waals surface area contributed by atoms with E-state index >= 15 is 0 Å². The Labute approximate surface area is 92.2 Å². The molecule has 1 rings (SSSR count). The molecule has 0 spiro atoms. The molecule has 16 heavy (non-hydrogen) atoms. The van der Waals surface area contributed by atoms with Crippen molar-refractivity contribution in [1.29, 1.82) is 0 Å². The Balaban J connectivity index is 3.18. The summed E-state index contributed by atoms with van der Waals surface area (Å²) < 4.78 is 0. The molecule has 0 saturated heterocycles. The number of aryl methyl sites for hydroxylation is 1. The van der Waals surface area contributed by atoms with E-state index in [1.54, 1.807) is 19.1 Å². The Hall–Kier alpha value is -2.17. The number of nitro benzene ring substituents is 1. The summed E-state index contributed by atoms with van der Waals surface area (Å²) in [4.78, 5) is 20.8. The highest BCUT2D eigenvalue weighted by molar-refractivity contribution is 5.91. The van der Waals surface area contributed by atoms with Gasteiger partial charge < -0.3 is 5.11 Å². The largest absolute Gasteiger partial charge is 0.478 e. The van der Waals surface area contributed by atoms with Crippen LogP contribution in [0.3, 0.4) is 0 Å². The lowest BCUT2D eigenvalue weighted by molar-refractivity contribution is -0.385. The van der Waals surface area contributed by atoms with Crippen molar-refractivity contribution in [2.75, 3.05) is 0 Å². The van der Waals surface area contributed by atoms with Crippen molar-refractivity contribution >= 4 is 17.7 Å². The second-order valence-corrected chi connectivity index (χ2v) is 3.44. The molecule has 1 aromatic rings. The van der Waals surface area contributed by atoms with E-state index in [0.717, 1.165) is 0 Å². The Bertz CT molecular complexity index is 477. The number of carboxylic acids is 1. The van der Waals surface area contributed by atoms with Gasteiger partial charge in [0.05, 0.1) is 4.92 Å². The molecular formula is C11H11NO4. The zero-order chi connectivity index (χ0) is 12.3. The van der Waals surface area contributed by atoms with Gasteiger partial charge in [0, 0.05) is 17.2 Å². The van der Waals surface area contributed by atoms with E-state index in [9.17, 15) is 14.9 Å². The Morgan fingerprint density at radius 3 is 2.62 bits per heavy atom. The first-order valence-electron chi connectivity index (χ1n) is 4.58. The monoisotopic (exact) mass is 221 g/mol. The van der Waals surface area contributed by atoms with Crippen LogP contribution in [0.2, 0.25) is 0 Å². The van der Waals surface area contributed by atoms with Crippen molar-refractivity contribution in [1.82, 2.24) is 0 Å². The normalized spacial score (nSPS) is 11.2. The number of carboxylic acid groups (broad SMARTS) is 1. The summed E-state index contributed by atoms with van der Waals surface area (Å²) in [5, 5.41) is 19.3. The molecule has 1 N–H and O–H groups in total. The smallest absolute Gasteiger partial charge is 0.331 e. The summed E-state index contributed by atoms with van der Waals surface area (Å²) in [7, 11) is 0. The van der Waals surface area contributed by atoms with Gasteiger partial charge in [-0.05, 0) is 25.5 Å². The molecule has 0 aromatic heterocycles. The minimum Gasteiger partial charge on any atom is -0.478 e. The molecule has 0 fully saturated rings. The highest BCUT2D eigenvalue weighted by Gasteiger charge is 2.10. The van der Waals surface area contributed by atoms with Crippen LogP contribution in [0.15, 0.2) is 23.8 Å². The zero-order valence-electron chi connectivity index (χ0n) is 8.93. The summed E-state index contributed by atoms with van der Waals surface area (Å²) in [6.45, 7) is 3.07. The van der Waals surface area contributed by atoms with Crippen LogP contribution >= 0.6 is 0 Å².